The Labute approximate surface area is 98.9 Å². The number of halogens is 2. The van der Waals surface area contributed by atoms with Gasteiger partial charge in [-0.2, -0.15) is 0 Å². The van der Waals surface area contributed by atoms with Crippen LogP contribution in [-0.4, -0.2) is 12.6 Å². The van der Waals surface area contributed by atoms with Crippen LogP contribution < -0.4 is 0 Å². The van der Waals surface area contributed by atoms with Gasteiger partial charge in [-0.15, -0.1) is 0 Å². The van der Waals surface area contributed by atoms with Crippen LogP contribution >= 0.6 is 0 Å². The van der Waals surface area contributed by atoms with Gasteiger partial charge in [0.15, 0.2) is 0 Å². The summed E-state index contributed by atoms with van der Waals surface area (Å²) in [6.45, 7) is 7.11. The summed E-state index contributed by atoms with van der Waals surface area (Å²) in [5, 5.41) is 0. The molecule has 4 heteroatoms. The maximum absolute atomic E-state index is 12.8. The lowest BCUT2D eigenvalue weighted by Gasteiger charge is -2.13. The molecule has 2 nitrogen and oxygen atoms in total. The van der Waals surface area contributed by atoms with Gasteiger partial charge in [-0.1, -0.05) is 30.4 Å². The molecule has 1 rings (SSSR count). The van der Waals surface area contributed by atoms with E-state index in [1.807, 2.05) is 0 Å². The van der Waals surface area contributed by atoms with Crippen LogP contribution in [0.2, 0.25) is 0 Å². The minimum Gasteiger partial charge on any atom is -0.462 e. The first-order valence-electron chi connectivity index (χ1n) is 5.23. The van der Waals surface area contributed by atoms with Gasteiger partial charge in [-0.3, -0.25) is 0 Å². The van der Waals surface area contributed by atoms with E-state index in [9.17, 15) is 13.6 Å². The van der Waals surface area contributed by atoms with E-state index in [2.05, 4.69) is 6.58 Å². The summed E-state index contributed by atoms with van der Waals surface area (Å²) in [6.07, 6.45) is -2.71. The highest BCUT2D eigenvalue weighted by Crippen LogP contribution is 2.29. The second-order valence-electron chi connectivity index (χ2n) is 3.57. The van der Waals surface area contributed by atoms with Crippen LogP contribution in [0.1, 0.15) is 41.8 Å². The quantitative estimate of drug-likeness (QED) is 0.747. The van der Waals surface area contributed by atoms with Crippen LogP contribution in [-0.2, 0) is 4.74 Å². The van der Waals surface area contributed by atoms with E-state index in [4.69, 9.17) is 4.74 Å². The van der Waals surface area contributed by atoms with Crippen molar-refractivity contribution >= 4 is 11.5 Å². The fraction of sp³-hybridized carbons (Fsp3) is 0.308. The first-order valence-corrected chi connectivity index (χ1v) is 5.23. The zero-order chi connectivity index (χ0) is 13.0. The van der Waals surface area contributed by atoms with E-state index in [1.165, 1.54) is 12.1 Å². The zero-order valence-electron chi connectivity index (χ0n) is 9.80. The fourth-order valence-electron chi connectivity index (χ4n) is 1.54. The van der Waals surface area contributed by atoms with Gasteiger partial charge in [0.1, 0.15) is 0 Å². The fourth-order valence-corrected chi connectivity index (χ4v) is 1.54. The van der Waals surface area contributed by atoms with Crippen molar-refractivity contribution in [2.24, 2.45) is 0 Å². The number of hydrogen-bond acceptors (Lipinski definition) is 2. The second-order valence-corrected chi connectivity index (χ2v) is 3.57. The number of carbonyl (C=O) groups is 1. The highest BCUT2D eigenvalue weighted by atomic mass is 19.3. The molecule has 0 amide bonds. The van der Waals surface area contributed by atoms with Crippen LogP contribution in [0.25, 0.3) is 5.57 Å². The standard InChI is InChI=1S/C13H14F2O2/c1-4-17-13(16)11-9(8(2)3)6-5-7-10(11)12(14)15/h5-7,12H,2,4H2,1,3H3. The average molecular weight is 240 g/mol. The van der Waals surface area contributed by atoms with Crippen LogP contribution in [0, 0.1) is 0 Å². The van der Waals surface area contributed by atoms with E-state index in [0.29, 0.717) is 11.1 Å². The number of hydrogen-bond donors (Lipinski definition) is 0. The molecule has 0 aliphatic rings. The number of ether oxygens (including phenoxy) is 1. The van der Waals surface area contributed by atoms with Crippen molar-refractivity contribution in [3.05, 3.63) is 41.5 Å². The molecule has 0 saturated carbocycles. The molecule has 0 spiro atoms. The highest BCUT2D eigenvalue weighted by Gasteiger charge is 2.22. The summed E-state index contributed by atoms with van der Waals surface area (Å²) in [5.74, 6) is -0.735. The smallest absolute Gasteiger partial charge is 0.339 e. The lowest BCUT2D eigenvalue weighted by atomic mass is 9.97. The van der Waals surface area contributed by atoms with Crippen LogP contribution in [0.5, 0.6) is 0 Å². The summed E-state index contributed by atoms with van der Waals surface area (Å²) in [5.41, 5.74) is 0.553. The van der Waals surface area contributed by atoms with Gasteiger partial charge in [-0.25, -0.2) is 13.6 Å². The monoisotopic (exact) mass is 240 g/mol. The van der Waals surface area contributed by atoms with Crippen LogP contribution in [0.4, 0.5) is 8.78 Å². The lowest BCUT2D eigenvalue weighted by Crippen LogP contribution is -2.11. The first-order chi connectivity index (χ1) is 7.99. The van der Waals surface area contributed by atoms with Gasteiger partial charge in [0.05, 0.1) is 12.2 Å². The molecule has 0 aliphatic heterocycles. The number of allylic oxidation sites excluding steroid dienone is 1. The molecular weight excluding hydrogens is 226 g/mol. The Kier molecular flexibility index (Phi) is 4.37. The van der Waals surface area contributed by atoms with E-state index < -0.39 is 12.4 Å². The van der Waals surface area contributed by atoms with Crippen molar-refractivity contribution in [1.82, 2.24) is 0 Å². The average Bonchev–Trinajstić information content (AvgIpc) is 2.28. The van der Waals surface area contributed by atoms with Gasteiger partial charge in [-0.05, 0) is 19.4 Å². The Morgan fingerprint density at radius 1 is 1.47 bits per heavy atom. The largest absolute Gasteiger partial charge is 0.462 e. The predicted octanol–water partition coefficient (Wildman–Crippen LogP) is 3.83. The summed E-state index contributed by atoms with van der Waals surface area (Å²) in [7, 11) is 0. The van der Waals surface area contributed by atoms with Gasteiger partial charge in [0.2, 0.25) is 0 Å². The van der Waals surface area contributed by atoms with Gasteiger partial charge >= 0.3 is 5.97 Å². The molecule has 0 unspecified atom stereocenters. The third-order valence-corrected chi connectivity index (χ3v) is 2.27. The lowest BCUT2D eigenvalue weighted by molar-refractivity contribution is 0.0515. The Morgan fingerprint density at radius 3 is 2.59 bits per heavy atom. The molecule has 0 aliphatic carbocycles. The van der Waals surface area contributed by atoms with Crippen molar-refractivity contribution in [1.29, 1.82) is 0 Å². The summed E-state index contributed by atoms with van der Waals surface area (Å²) < 4.78 is 30.5. The Balaban J connectivity index is 3.38. The third-order valence-electron chi connectivity index (χ3n) is 2.27. The topological polar surface area (TPSA) is 26.3 Å². The maximum atomic E-state index is 12.8. The molecule has 0 radical (unpaired) electrons. The number of rotatable bonds is 4. The van der Waals surface area contributed by atoms with Gasteiger partial charge in [0.25, 0.3) is 6.43 Å². The predicted molar refractivity (Wildman–Crippen MR) is 62.1 cm³/mol. The molecule has 0 atom stereocenters. The minimum atomic E-state index is -2.71. The molecule has 0 fully saturated rings. The number of carbonyl (C=O) groups excluding carboxylic acids is 1. The summed E-state index contributed by atoms with van der Waals surface area (Å²) in [4.78, 5) is 11.7. The number of esters is 1. The zero-order valence-corrected chi connectivity index (χ0v) is 9.80. The van der Waals surface area contributed by atoms with E-state index in [-0.39, 0.29) is 17.7 Å². The second kappa shape index (κ2) is 5.57. The summed E-state index contributed by atoms with van der Waals surface area (Å²) >= 11 is 0. The van der Waals surface area contributed by atoms with Crippen LogP contribution in [0.15, 0.2) is 24.8 Å². The molecule has 0 N–H and O–H groups in total. The molecule has 1 aromatic carbocycles. The molecule has 17 heavy (non-hydrogen) atoms. The van der Waals surface area contributed by atoms with E-state index in [0.717, 1.165) is 0 Å². The number of benzene rings is 1. The van der Waals surface area contributed by atoms with Gasteiger partial charge in [0, 0.05) is 5.56 Å². The molecule has 0 heterocycles. The molecule has 0 aromatic heterocycles. The maximum Gasteiger partial charge on any atom is 0.339 e. The molecule has 0 bridgehead atoms. The Bertz CT molecular complexity index is 439. The molecule has 1 aromatic rings. The summed E-state index contributed by atoms with van der Waals surface area (Å²) in [6, 6.07) is 4.29. The Hall–Kier alpha value is -1.71. The highest BCUT2D eigenvalue weighted by molar-refractivity contribution is 5.96. The van der Waals surface area contributed by atoms with E-state index in [1.54, 1.807) is 19.9 Å². The van der Waals surface area contributed by atoms with Crippen LogP contribution in [0.3, 0.4) is 0 Å². The SMILES string of the molecule is C=C(C)c1cccc(C(F)F)c1C(=O)OCC. The van der Waals surface area contributed by atoms with Crippen molar-refractivity contribution in [2.75, 3.05) is 6.61 Å². The van der Waals surface area contributed by atoms with Crippen molar-refractivity contribution in [3.8, 4) is 0 Å². The van der Waals surface area contributed by atoms with Crippen molar-refractivity contribution in [3.63, 3.8) is 0 Å². The minimum absolute atomic E-state index is 0.0862. The molecule has 92 valence electrons. The van der Waals surface area contributed by atoms with Gasteiger partial charge < -0.3 is 4.74 Å². The molecular formula is C13H14F2O2. The molecule has 0 saturated heterocycles. The first kappa shape index (κ1) is 13.4. The Morgan fingerprint density at radius 2 is 2.12 bits per heavy atom. The third kappa shape index (κ3) is 2.90. The van der Waals surface area contributed by atoms with E-state index >= 15 is 0 Å². The van der Waals surface area contributed by atoms with Crippen molar-refractivity contribution < 1.29 is 18.3 Å². The normalized spacial score (nSPS) is 10.4. The number of alkyl halides is 2. The van der Waals surface area contributed by atoms with Crippen molar-refractivity contribution in [2.45, 2.75) is 20.3 Å².